The molecule has 0 unspecified atom stereocenters. The smallest absolute Gasteiger partial charge is 0.306 e. The zero-order valence-corrected chi connectivity index (χ0v) is 18.3. The Kier molecular flexibility index (Phi) is 6.93. The Bertz CT molecular complexity index is 1100. The molecule has 0 saturated heterocycles. The number of carboxylic acid groups (broad SMARTS) is 1. The summed E-state index contributed by atoms with van der Waals surface area (Å²) in [5.74, 6) is -2.35. The first-order valence-electron chi connectivity index (χ1n) is 10.4. The van der Waals surface area contributed by atoms with Crippen LogP contribution in [0.25, 0.3) is 0 Å². The van der Waals surface area contributed by atoms with Gasteiger partial charge in [-0.05, 0) is 67.6 Å². The van der Waals surface area contributed by atoms with Gasteiger partial charge in [-0.15, -0.1) is 10.2 Å². The number of hydrogen-bond donors (Lipinski definition) is 1. The maximum atomic E-state index is 13.6. The van der Waals surface area contributed by atoms with Crippen molar-refractivity contribution in [3.63, 3.8) is 0 Å². The lowest BCUT2D eigenvalue weighted by Crippen LogP contribution is -2.30. The van der Waals surface area contributed by atoms with E-state index in [1.165, 1.54) is 22.5 Å². The summed E-state index contributed by atoms with van der Waals surface area (Å²) < 4.78 is 33.2. The highest BCUT2D eigenvalue weighted by molar-refractivity contribution is 7.13. The molecule has 1 N–H and O–H groups in total. The normalized spacial score (nSPS) is 18.0. The molecule has 7 nitrogen and oxygen atoms in total. The Balaban J connectivity index is 1.46. The number of hydrogen-bond acceptors (Lipinski definition) is 6. The second-order valence-corrected chi connectivity index (χ2v) is 8.66. The zero-order chi connectivity index (χ0) is 23.4. The van der Waals surface area contributed by atoms with Gasteiger partial charge in [0.05, 0.1) is 18.6 Å². The lowest BCUT2D eigenvalue weighted by Gasteiger charge is -2.27. The van der Waals surface area contributed by atoms with Crippen LogP contribution in [0.2, 0.25) is 0 Å². The van der Waals surface area contributed by atoms with Crippen LogP contribution in [0.3, 0.4) is 0 Å². The molecule has 172 valence electrons. The lowest BCUT2D eigenvalue weighted by molar-refractivity contribution is -0.143. The second kappa shape index (κ2) is 10.0. The quantitative estimate of drug-likeness (QED) is 0.535. The number of aromatic nitrogens is 2. The Hall–Kier alpha value is -3.40. The molecule has 2 aromatic carbocycles. The summed E-state index contributed by atoms with van der Waals surface area (Å²) in [4.78, 5) is 25.6. The first-order chi connectivity index (χ1) is 15.9. The summed E-state index contributed by atoms with van der Waals surface area (Å²) in [5, 5.41) is 17.1. The third-order valence-electron chi connectivity index (χ3n) is 5.52. The van der Waals surface area contributed by atoms with E-state index in [2.05, 4.69) is 10.2 Å². The predicted molar refractivity (Wildman–Crippen MR) is 117 cm³/mol. The van der Waals surface area contributed by atoms with E-state index >= 15 is 0 Å². The number of aliphatic carboxylic acids is 1. The number of rotatable bonds is 7. The zero-order valence-electron chi connectivity index (χ0n) is 17.5. The van der Waals surface area contributed by atoms with Crippen LogP contribution in [-0.2, 0) is 11.3 Å². The maximum absolute atomic E-state index is 13.6. The molecular formula is C23H21F2N3O4S. The molecule has 33 heavy (non-hydrogen) atoms. The van der Waals surface area contributed by atoms with Crippen molar-refractivity contribution in [3.05, 3.63) is 70.7 Å². The number of ether oxygens (including phenoxy) is 1. The van der Waals surface area contributed by atoms with Gasteiger partial charge in [0, 0.05) is 11.6 Å². The second-order valence-electron chi connectivity index (χ2n) is 7.84. The summed E-state index contributed by atoms with van der Waals surface area (Å²) >= 11 is 1.14. The molecule has 0 bridgehead atoms. The van der Waals surface area contributed by atoms with Crippen LogP contribution in [-0.4, -0.2) is 33.3 Å². The highest BCUT2D eigenvalue weighted by Gasteiger charge is 2.27. The van der Waals surface area contributed by atoms with Crippen LogP contribution in [0.15, 0.2) is 48.0 Å². The van der Waals surface area contributed by atoms with Crippen molar-refractivity contribution in [2.75, 3.05) is 4.90 Å². The van der Waals surface area contributed by atoms with Crippen molar-refractivity contribution in [2.24, 2.45) is 5.92 Å². The molecular weight excluding hydrogens is 452 g/mol. The van der Waals surface area contributed by atoms with Gasteiger partial charge in [-0.2, -0.15) is 0 Å². The molecule has 1 aliphatic rings. The predicted octanol–water partition coefficient (Wildman–Crippen LogP) is 4.69. The van der Waals surface area contributed by atoms with Crippen LogP contribution in [0.1, 0.15) is 41.6 Å². The SMILES string of the molecule is O=C(O)C1CCC(Oc2ccc(C(=O)N(Cc3cc(F)cc(F)c3)c3nncs3)cc2)CC1. The minimum absolute atomic E-state index is 0.0667. The fourth-order valence-electron chi connectivity index (χ4n) is 3.85. The molecule has 0 radical (unpaired) electrons. The molecule has 1 aliphatic carbocycles. The van der Waals surface area contributed by atoms with Crippen LogP contribution < -0.4 is 9.64 Å². The van der Waals surface area contributed by atoms with Gasteiger partial charge >= 0.3 is 5.97 Å². The van der Waals surface area contributed by atoms with Crippen molar-refractivity contribution in [1.29, 1.82) is 0 Å². The molecule has 1 heterocycles. The number of carbonyl (C=O) groups excluding carboxylic acids is 1. The van der Waals surface area contributed by atoms with Gasteiger partial charge in [-0.1, -0.05) is 11.3 Å². The van der Waals surface area contributed by atoms with Crippen molar-refractivity contribution in [3.8, 4) is 5.75 Å². The molecule has 1 aromatic heterocycles. The van der Waals surface area contributed by atoms with Gasteiger partial charge in [0.2, 0.25) is 5.13 Å². The number of amides is 1. The number of benzene rings is 2. The van der Waals surface area contributed by atoms with E-state index in [-0.39, 0.29) is 24.1 Å². The first kappa shape index (κ1) is 22.8. The van der Waals surface area contributed by atoms with E-state index in [9.17, 15) is 18.4 Å². The molecule has 3 aromatic rings. The van der Waals surface area contributed by atoms with Gasteiger partial charge < -0.3 is 9.84 Å². The van der Waals surface area contributed by atoms with Gasteiger partial charge in [0.25, 0.3) is 5.91 Å². The highest BCUT2D eigenvalue weighted by atomic mass is 32.1. The van der Waals surface area contributed by atoms with Gasteiger partial charge in [0.15, 0.2) is 0 Å². The van der Waals surface area contributed by atoms with Crippen molar-refractivity contribution >= 4 is 28.3 Å². The Morgan fingerprint density at radius 2 is 1.73 bits per heavy atom. The maximum Gasteiger partial charge on any atom is 0.306 e. The molecule has 0 atom stereocenters. The standard InChI is InChI=1S/C23H21F2N3O4S/c24-17-9-14(10-18(25)11-17)12-28(23-27-26-13-33-23)21(29)15-1-5-19(6-2-15)32-20-7-3-16(4-8-20)22(30)31/h1-2,5-6,9-11,13,16,20H,3-4,7-8,12H2,(H,30,31). The Morgan fingerprint density at radius 3 is 2.30 bits per heavy atom. The van der Waals surface area contributed by atoms with Crippen molar-refractivity contribution in [2.45, 2.75) is 38.3 Å². The summed E-state index contributed by atoms with van der Waals surface area (Å²) in [6.45, 7) is -0.0756. The molecule has 10 heteroatoms. The highest BCUT2D eigenvalue weighted by Crippen LogP contribution is 2.28. The van der Waals surface area contributed by atoms with Crippen LogP contribution in [0, 0.1) is 17.6 Å². The largest absolute Gasteiger partial charge is 0.490 e. The summed E-state index contributed by atoms with van der Waals surface area (Å²) in [7, 11) is 0. The third kappa shape index (κ3) is 5.70. The van der Waals surface area contributed by atoms with Crippen LogP contribution >= 0.6 is 11.3 Å². The van der Waals surface area contributed by atoms with Crippen LogP contribution in [0.4, 0.5) is 13.9 Å². The van der Waals surface area contributed by atoms with E-state index in [1.807, 2.05) is 0 Å². The minimum atomic E-state index is -0.766. The number of halogens is 2. The lowest BCUT2D eigenvalue weighted by atomic mass is 9.87. The number of nitrogens with zero attached hydrogens (tertiary/aromatic N) is 3. The topological polar surface area (TPSA) is 92.6 Å². The average Bonchev–Trinajstić information content (AvgIpc) is 3.32. The number of carbonyl (C=O) groups is 2. The number of anilines is 1. The van der Waals surface area contributed by atoms with Gasteiger partial charge in [-0.3, -0.25) is 14.5 Å². The van der Waals surface area contributed by atoms with Crippen molar-refractivity contribution in [1.82, 2.24) is 10.2 Å². The Morgan fingerprint density at radius 1 is 1.06 bits per heavy atom. The summed E-state index contributed by atoms with van der Waals surface area (Å²) in [5.41, 5.74) is 2.11. The molecule has 1 saturated carbocycles. The summed E-state index contributed by atoms with van der Waals surface area (Å²) in [6.07, 6.45) is 2.41. The third-order valence-corrected chi connectivity index (χ3v) is 6.23. The minimum Gasteiger partial charge on any atom is -0.490 e. The van der Waals surface area contributed by atoms with Gasteiger partial charge in [-0.25, -0.2) is 8.78 Å². The van der Waals surface area contributed by atoms with Crippen molar-refractivity contribution < 1.29 is 28.2 Å². The fraction of sp³-hybridized carbons (Fsp3) is 0.304. The average molecular weight is 474 g/mol. The van der Waals surface area contributed by atoms with E-state index < -0.39 is 23.5 Å². The first-order valence-corrected chi connectivity index (χ1v) is 11.3. The molecule has 0 aliphatic heterocycles. The molecule has 1 amide bonds. The van der Waals surface area contributed by atoms with Crippen LogP contribution in [0.5, 0.6) is 5.75 Å². The fourth-order valence-corrected chi connectivity index (χ4v) is 4.41. The molecule has 4 rings (SSSR count). The summed E-state index contributed by atoms with van der Waals surface area (Å²) in [6, 6.07) is 9.68. The van der Waals surface area contributed by atoms with E-state index in [0.717, 1.165) is 17.4 Å². The van der Waals surface area contributed by atoms with E-state index in [1.54, 1.807) is 24.3 Å². The molecule has 0 spiro atoms. The number of carboxylic acids is 1. The van der Waals surface area contributed by atoms with E-state index in [0.29, 0.717) is 42.1 Å². The Labute approximate surface area is 192 Å². The monoisotopic (exact) mass is 473 g/mol. The van der Waals surface area contributed by atoms with Gasteiger partial charge in [0.1, 0.15) is 22.9 Å². The van der Waals surface area contributed by atoms with E-state index in [4.69, 9.17) is 9.84 Å². The molecule has 1 fully saturated rings.